The molecule has 4 rings (SSSR count). The lowest BCUT2D eigenvalue weighted by atomic mass is 9.74. The summed E-state index contributed by atoms with van der Waals surface area (Å²) >= 11 is 0. The van der Waals surface area contributed by atoms with E-state index in [2.05, 4.69) is 16.4 Å². The van der Waals surface area contributed by atoms with Crippen molar-refractivity contribution in [1.29, 1.82) is 0 Å². The zero-order chi connectivity index (χ0) is 20.8. The number of rotatable bonds is 2. The topological polar surface area (TPSA) is 76.5 Å². The van der Waals surface area contributed by atoms with Crippen molar-refractivity contribution in [3.8, 4) is 5.75 Å². The Bertz CT molecular complexity index is 867. The number of benzene rings is 1. The Morgan fingerprint density at radius 1 is 1.20 bits per heavy atom. The Morgan fingerprint density at radius 2 is 2.07 bits per heavy atom. The van der Waals surface area contributed by atoms with Crippen LogP contribution in [0.4, 0.5) is 0 Å². The van der Waals surface area contributed by atoms with Gasteiger partial charge in [0.2, 0.25) is 11.8 Å². The lowest BCUT2D eigenvalue weighted by Crippen LogP contribution is -2.54. The predicted molar refractivity (Wildman–Crippen MR) is 113 cm³/mol. The molecule has 0 saturated carbocycles. The van der Waals surface area contributed by atoms with E-state index >= 15 is 0 Å². The molecule has 7 heteroatoms. The zero-order valence-electron chi connectivity index (χ0n) is 17.4. The van der Waals surface area contributed by atoms with Crippen molar-refractivity contribution in [3.63, 3.8) is 0 Å². The number of para-hydroxylation sites is 1. The Morgan fingerprint density at radius 3 is 2.93 bits per heavy atom. The molecular formula is C23H30N4O3. The van der Waals surface area contributed by atoms with Gasteiger partial charge >= 0.3 is 0 Å². The van der Waals surface area contributed by atoms with Crippen LogP contribution in [-0.2, 0) is 22.6 Å². The van der Waals surface area contributed by atoms with Crippen LogP contribution in [0.2, 0.25) is 0 Å². The van der Waals surface area contributed by atoms with Gasteiger partial charge in [0.25, 0.3) is 0 Å². The third-order valence-corrected chi connectivity index (χ3v) is 6.26. The second-order valence-corrected chi connectivity index (χ2v) is 8.35. The van der Waals surface area contributed by atoms with Crippen molar-refractivity contribution in [3.05, 3.63) is 48.5 Å². The molecule has 0 radical (unpaired) electrons. The average molecular weight is 411 g/mol. The number of imidazole rings is 1. The summed E-state index contributed by atoms with van der Waals surface area (Å²) in [6.45, 7) is 2.38. The van der Waals surface area contributed by atoms with Crippen LogP contribution in [0.25, 0.3) is 0 Å². The standard InChI is InChI=1S/C23H30N4O3/c28-21(16-26-14-11-24-18-26)27-13-5-10-23(17-27)9-4-3-7-19-6-1-2-8-20(19)30-15-12-25-22(23)29/h1-2,6,8,11,14,18H,3-5,7,9-10,12-13,15-17H2,(H,25,29). The van der Waals surface area contributed by atoms with Crippen LogP contribution in [0.5, 0.6) is 5.75 Å². The van der Waals surface area contributed by atoms with Gasteiger partial charge in [-0.05, 0) is 43.7 Å². The van der Waals surface area contributed by atoms with Crippen molar-refractivity contribution in [2.75, 3.05) is 26.2 Å². The summed E-state index contributed by atoms with van der Waals surface area (Å²) in [5.74, 6) is 1.01. The molecular weight excluding hydrogens is 380 g/mol. The second-order valence-electron chi connectivity index (χ2n) is 8.35. The van der Waals surface area contributed by atoms with Crippen LogP contribution < -0.4 is 10.1 Å². The fraction of sp³-hybridized carbons (Fsp3) is 0.522. The number of carbonyl (C=O) groups excluding carboxylic acids is 2. The Hall–Kier alpha value is -2.83. The number of aryl methyl sites for hydroxylation is 1. The lowest BCUT2D eigenvalue weighted by molar-refractivity contribution is -0.142. The van der Waals surface area contributed by atoms with Crippen molar-refractivity contribution in [1.82, 2.24) is 19.8 Å². The third kappa shape index (κ3) is 4.66. The van der Waals surface area contributed by atoms with E-state index in [9.17, 15) is 9.59 Å². The molecule has 7 nitrogen and oxygen atoms in total. The third-order valence-electron chi connectivity index (χ3n) is 6.26. The van der Waals surface area contributed by atoms with Gasteiger partial charge in [0.05, 0.1) is 18.3 Å². The number of likely N-dealkylation sites (tertiary alicyclic amines) is 1. The molecule has 2 aliphatic heterocycles. The minimum absolute atomic E-state index is 0.0447. The summed E-state index contributed by atoms with van der Waals surface area (Å²) in [7, 11) is 0. The van der Waals surface area contributed by atoms with E-state index < -0.39 is 5.41 Å². The van der Waals surface area contributed by atoms with Crippen LogP contribution >= 0.6 is 0 Å². The lowest BCUT2D eigenvalue weighted by Gasteiger charge is -2.42. The number of hydrogen-bond acceptors (Lipinski definition) is 4. The largest absolute Gasteiger partial charge is 0.491 e. The number of carbonyl (C=O) groups is 2. The fourth-order valence-corrected chi connectivity index (χ4v) is 4.63. The number of fused-ring (bicyclic) bond motifs is 1. The molecule has 0 aliphatic carbocycles. The number of nitrogens with one attached hydrogen (secondary N) is 1. The molecule has 160 valence electrons. The zero-order valence-corrected chi connectivity index (χ0v) is 17.4. The monoisotopic (exact) mass is 410 g/mol. The molecule has 2 aromatic rings. The number of aromatic nitrogens is 2. The van der Waals surface area contributed by atoms with Gasteiger partial charge in [0.1, 0.15) is 18.9 Å². The normalized spacial score (nSPS) is 22.9. The maximum atomic E-state index is 13.2. The number of ether oxygens (including phenoxy) is 1. The van der Waals surface area contributed by atoms with E-state index in [0.717, 1.165) is 44.3 Å². The highest BCUT2D eigenvalue weighted by molar-refractivity contribution is 5.84. The van der Waals surface area contributed by atoms with E-state index in [4.69, 9.17) is 4.74 Å². The molecule has 1 saturated heterocycles. The van der Waals surface area contributed by atoms with Crippen molar-refractivity contribution < 1.29 is 14.3 Å². The number of piperidine rings is 1. The van der Waals surface area contributed by atoms with E-state index in [1.54, 1.807) is 23.3 Å². The molecule has 1 spiro atoms. The molecule has 0 bridgehead atoms. The van der Waals surface area contributed by atoms with Gasteiger partial charge in [-0.15, -0.1) is 0 Å². The smallest absolute Gasteiger partial charge is 0.242 e. The summed E-state index contributed by atoms with van der Waals surface area (Å²) in [5, 5.41) is 3.08. The molecule has 1 atom stereocenters. The molecule has 3 heterocycles. The highest BCUT2D eigenvalue weighted by Crippen LogP contribution is 2.36. The summed E-state index contributed by atoms with van der Waals surface area (Å²) in [6, 6.07) is 8.14. The Labute approximate surface area is 177 Å². The summed E-state index contributed by atoms with van der Waals surface area (Å²) in [5.41, 5.74) is 0.709. The molecule has 2 amide bonds. The molecule has 1 fully saturated rings. The highest BCUT2D eigenvalue weighted by atomic mass is 16.5. The van der Waals surface area contributed by atoms with E-state index in [1.165, 1.54) is 5.56 Å². The Balaban J connectivity index is 1.45. The van der Waals surface area contributed by atoms with Gasteiger partial charge < -0.3 is 19.5 Å². The van der Waals surface area contributed by atoms with Gasteiger partial charge in [-0.3, -0.25) is 9.59 Å². The molecule has 1 unspecified atom stereocenters. The Kier molecular flexibility index (Phi) is 6.35. The average Bonchev–Trinajstić information content (AvgIpc) is 3.27. The molecule has 30 heavy (non-hydrogen) atoms. The van der Waals surface area contributed by atoms with E-state index in [0.29, 0.717) is 26.2 Å². The first-order valence-corrected chi connectivity index (χ1v) is 10.9. The van der Waals surface area contributed by atoms with E-state index in [1.807, 2.05) is 23.1 Å². The number of nitrogens with zero attached hydrogens (tertiary/aromatic N) is 3. The van der Waals surface area contributed by atoms with Crippen molar-refractivity contribution >= 4 is 11.8 Å². The van der Waals surface area contributed by atoms with Crippen LogP contribution in [0.1, 0.15) is 37.7 Å². The number of amides is 2. The summed E-state index contributed by atoms with van der Waals surface area (Å²) in [6.07, 6.45) is 10.5. The van der Waals surface area contributed by atoms with Gasteiger partial charge in [0, 0.05) is 25.5 Å². The highest BCUT2D eigenvalue weighted by Gasteiger charge is 2.42. The van der Waals surface area contributed by atoms with Crippen LogP contribution in [0.3, 0.4) is 0 Å². The summed E-state index contributed by atoms with van der Waals surface area (Å²) < 4.78 is 7.69. The second kappa shape index (κ2) is 9.32. The first-order chi connectivity index (χ1) is 14.7. The van der Waals surface area contributed by atoms with Gasteiger partial charge in [-0.1, -0.05) is 24.6 Å². The van der Waals surface area contributed by atoms with Crippen molar-refractivity contribution in [2.45, 2.75) is 45.1 Å². The summed E-state index contributed by atoms with van der Waals surface area (Å²) in [4.78, 5) is 31.9. The fourth-order valence-electron chi connectivity index (χ4n) is 4.63. The van der Waals surface area contributed by atoms with Gasteiger partial charge in [-0.25, -0.2) is 4.98 Å². The quantitative estimate of drug-likeness (QED) is 0.825. The molecule has 1 aromatic heterocycles. The van der Waals surface area contributed by atoms with E-state index in [-0.39, 0.29) is 18.4 Å². The first-order valence-electron chi connectivity index (χ1n) is 10.9. The molecule has 1 aromatic carbocycles. The van der Waals surface area contributed by atoms with Crippen LogP contribution in [0, 0.1) is 5.41 Å². The predicted octanol–water partition coefficient (Wildman–Crippen LogP) is 2.41. The molecule has 1 N–H and O–H groups in total. The van der Waals surface area contributed by atoms with Crippen molar-refractivity contribution in [2.24, 2.45) is 5.41 Å². The van der Waals surface area contributed by atoms with Crippen LogP contribution in [0.15, 0.2) is 43.0 Å². The van der Waals surface area contributed by atoms with Gasteiger partial charge in [-0.2, -0.15) is 0 Å². The molecule has 2 aliphatic rings. The van der Waals surface area contributed by atoms with Gasteiger partial charge in [0.15, 0.2) is 0 Å². The minimum atomic E-state index is -0.512. The van der Waals surface area contributed by atoms with Crippen LogP contribution in [-0.4, -0.2) is 52.5 Å². The number of hydrogen-bond donors (Lipinski definition) is 1. The SMILES string of the molecule is O=C(Cn1ccnc1)N1CCCC2(CCCCc3ccccc3OCCNC2=O)C1. The maximum absolute atomic E-state index is 13.2. The minimum Gasteiger partial charge on any atom is -0.491 e. The maximum Gasteiger partial charge on any atom is 0.242 e. The first kappa shape index (κ1) is 20.4.